The molecule has 31 heavy (non-hydrogen) atoms. The maximum atomic E-state index is 12.5. The average Bonchev–Trinajstić information content (AvgIpc) is 3.33. The van der Waals surface area contributed by atoms with Crippen LogP contribution in [0.15, 0.2) is 79.0 Å². The van der Waals surface area contributed by atoms with Gasteiger partial charge in [0.1, 0.15) is 17.3 Å². The van der Waals surface area contributed by atoms with Gasteiger partial charge in [0.15, 0.2) is 0 Å². The molecule has 2 N–H and O–H groups in total. The summed E-state index contributed by atoms with van der Waals surface area (Å²) in [6.07, 6.45) is 1.81. The number of carbonyl (C=O) groups is 1. The van der Waals surface area contributed by atoms with Crippen molar-refractivity contribution in [1.29, 1.82) is 0 Å². The molecule has 0 aliphatic heterocycles. The number of aromatic amines is 1. The van der Waals surface area contributed by atoms with E-state index >= 15 is 0 Å². The van der Waals surface area contributed by atoms with E-state index in [9.17, 15) is 4.79 Å². The molecule has 0 unspecified atom stereocenters. The normalized spacial score (nSPS) is 10.5. The minimum atomic E-state index is -0.150. The lowest BCUT2D eigenvalue weighted by atomic mass is 10.1. The number of methoxy groups -OCH3 is 2. The van der Waals surface area contributed by atoms with Crippen molar-refractivity contribution in [2.24, 2.45) is 0 Å². The number of hydrogen-bond acceptors (Lipinski definition) is 4. The lowest BCUT2D eigenvalue weighted by Gasteiger charge is -2.08. The Morgan fingerprint density at radius 3 is 2.42 bits per heavy atom. The fourth-order valence-corrected chi connectivity index (χ4v) is 3.28. The Balaban J connectivity index is 1.47. The number of nitrogens with zero attached hydrogens (tertiary/aromatic N) is 1. The average molecular weight is 413 g/mol. The molecule has 6 heteroatoms. The van der Waals surface area contributed by atoms with Crippen LogP contribution in [0.25, 0.3) is 22.6 Å². The Morgan fingerprint density at radius 1 is 0.903 bits per heavy atom. The molecule has 1 amide bonds. The smallest absolute Gasteiger partial charge is 0.251 e. The highest BCUT2D eigenvalue weighted by Crippen LogP contribution is 2.25. The second-order valence-corrected chi connectivity index (χ2v) is 6.99. The summed E-state index contributed by atoms with van der Waals surface area (Å²) in [6, 6.07) is 22.8. The number of imidazole rings is 1. The van der Waals surface area contributed by atoms with Crippen molar-refractivity contribution in [1.82, 2.24) is 15.3 Å². The van der Waals surface area contributed by atoms with E-state index < -0.39 is 0 Å². The van der Waals surface area contributed by atoms with Gasteiger partial charge in [0.25, 0.3) is 5.91 Å². The van der Waals surface area contributed by atoms with Crippen LogP contribution in [-0.2, 0) is 6.54 Å². The summed E-state index contributed by atoms with van der Waals surface area (Å²) in [6.45, 7) is 0.410. The van der Waals surface area contributed by atoms with E-state index in [1.54, 1.807) is 38.6 Å². The predicted octanol–water partition coefficient (Wildman–Crippen LogP) is 4.69. The zero-order valence-corrected chi connectivity index (χ0v) is 17.4. The fraction of sp³-hybridized carbons (Fsp3) is 0.120. The molecule has 0 saturated heterocycles. The monoisotopic (exact) mass is 413 g/mol. The predicted molar refractivity (Wildman–Crippen MR) is 120 cm³/mol. The summed E-state index contributed by atoms with van der Waals surface area (Å²) in [7, 11) is 3.23. The molecule has 0 bridgehead atoms. The molecule has 0 radical (unpaired) electrons. The van der Waals surface area contributed by atoms with E-state index in [0.29, 0.717) is 17.9 Å². The van der Waals surface area contributed by atoms with Gasteiger partial charge in [-0.15, -0.1) is 0 Å². The number of amides is 1. The molecule has 6 nitrogen and oxygen atoms in total. The number of ether oxygens (including phenoxy) is 2. The fourth-order valence-electron chi connectivity index (χ4n) is 3.28. The standard InChI is InChI=1S/C25H23N3O3/c1-30-21-10-4-7-18(13-21)23-16-26-24(28-23)19-8-3-6-17(12-19)15-27-25(29)20-9-5-11-22(14-20)31-2/h3-14,16H,15H2,1-2H3,(H,26,28)(H,27,29). The molecule has 1 aromatic heterocycles. The first-order valence-corrected chi connectivity index (χ1v) is 9.87. The van der Waals surface area contributed by atoms with Gasteiger partial charge in [0.2, 0.25) is 0 Å². The second kappa shape index (κ2) is 9.17. The molecule has 0 aliphatic rings. The summed E-state index contributed by atoms with van der Waals surface area (Å²) >= 11 is 0. The molecule has 1 heterocycles. The van der Waals surface area contributed by atoms with Gasteiger partial charge < -0.3 is 19.8 Å². The Morgan fingerprint density at radius 2 is 1.61 bits per heavy atom. The summed E-state index contributed by atoms with van der Waals surface area (Å²) in [4.78, 5) is 20.3. The molecule has 3 aromatic carbocycles. The van der Waals surface area contributed by atoms with Gasteiger partial charge in [-0.1, -0.05) is 36.4 Å². The van der Waals surface area contributed by atoms with Crippen molar-refractivity contribution in [3.05, 3.63) is 90.1 Å². The molecule has 0 aliphatic carbocycles. The molecular weight excluding hydrogens is 390 g/mol. The zero-order chi connectivity index (χ0) is 21.6. The van der Waals surface area contributed by atoms with Crippen molar-refractivity contribution < 1.29 is 14.3 Å². The van der Waals surface area contributed by atoms with Gasteiger partial charge in [-0.2, -0.15) is 0 Å². The van der Waals surface area contributed by atoms with Crippen molar-refractivity contribution in [3.63, 3.8) is 0 Å². The van der Waals surface area contributed by atoms with Gasteiger partial charge in [-0.3, -0.25) is 4.79 Å². The topological polar surface area (TPSA) is 76.2 Å². The highest BCUT2D eigenvalue weighted by Gasteiger charge is 2.09. The molecular formula is C25H23N3O3. The Hall–Kier alpha value is -4.06. The van der Waals surface area contributed by atoms with Crippen LogP contribution in [0.1, 0.15) is 15.9 Å². The highest BCUT2D eigenvalue weighted by molar-refractivity contribution is 5.94. The van der Waals surface area contributed by atoms with Crippen LogP contribution < -0.4 is 14.8 Å². The third kappa shape index (κ3) is 4.75. The van der Waals surface area contributed by atoms with Crippen LogP contribution >= 0.6 is 0 Å². The van der Waals surface area contributed by atoms with Crippen molar-refractivity contribution in [2.45, 2.75) is 6.54 Å². The molecule has 4 rings (SSSR count). The Kier molecular flexibility index (Phi) is 5.98. The maximum Gasteiger partial charge on any atom is 0.251 e. The summed E-state index contributed by atoms with van der Waals surface area (Å²) < 4.78 is 10.5. The largest absolute Gasteiger partial charge is 0.497 e. The van der Waals surface area contributed by atoms with Crippen molar-refractivity contribution in [2.75, 3.05) is 14.2 Å². The van der Waals surface area contributed by atoms with Crippen LogP contribution in [0.5, 0.6) is 11.5 Å². The minimum Gasteiger partial charge on any atom is -0.497 e. The molecule has 0 spiro atoms. The van der Waals surface area contributed by atoms with E-state index in [1.165, 1.54) is 0 Å². The van der Waals surface area contributed by atoms with Gasteiger partial charge in [0.05, 0.1) is 26.1 Å². The first-order chi connectivity index (χ1) is 15.2. The molecule has 0 atom stereocenters. The number of carbonyl (C=O) groups excluding carboxylic acids is 1. The minimum absolute atomic E-state index is 0.150. The number of hydrogen-bond donors (Lipinski definition) is 2. The van der Waals surface area contributed by atoms with Gasteiger partial charge in [-0.05, 0) is 42.0 Å². The number of benzene rings is 3. The van der Waals surface area contributed by atoms with E-state index in [2.05, 4.69) is 15.3 Å². The van der Waals surface area contributed by atoms with Gasteiger partial charge in [0, 0.05) is 23.2 Å². The quantitative estimate of drug-likeness (QED) is 0.461. The molecule has 4 aromatic rings. The van der Waals surface area contributed by atoms with Crippen LogP contribution in [0.2, 0.25) is 0 Å². The first kappa shape index (κ1) is 20.2. The number of aromatic nitrogens is 2. The summed E-state index contributed by atoms with van der Waals surface area (Å²) in [5.41, 5.74) is 4.39. The number of nitrogens with one attached hydrogen (secondary N) is 2. The van der Waals surface area contributed by atoms with Gasteiger partial charge >= 0.3 is 0 Å². The molecule has 0 saturated carbocycles. The summed E-state index contributed by atoms with van der Waals surface area (Å²) in [5, 5.41) is 2.95. The number of H-pyrrole nitrogens is 1. The van der Waals surface area contributed by atoms with E-state index in [4.69, 9.17) is 9.47 Å². The second-order valence-electron chi connectivity index (χ2n) is 6.99. The summed E-state index contributed by atoms with van der Waals surface area (Å²) in [5.74, 6) is 2.06. The third-order valence-electron chi connectivity index (χ3n) is 4.94. The lowest BCUT2D eigenvalue weighted by Crippen LogP contribution is -2.22. The zero-order valence-electron chi connectivity index (χ0n) is 17.4. The van der Waals surface area contributed by atoms with Crippen LogP contribution in [0, 0.1) is 0 Å². The Labute approximate surface area is 180 Å². The third-order valence-corrected chi connectivity index (χ3v) is 4.94. The van der Waals surface area contributed by atoms with Gasteiger partial charge in [-0.25, -0.2) is 4.98 Å². The Bertz CT molecular complexity index is 1200. The number of rotatable bonds is 7. The van der Waals surface area contributed by atoms with Crippen molar-refractivity contribution >= 4 is 5.91 Å². The first-order valence-electron chi connectivity index (χ1n) is 9.87. The van der Waals surface area contributed by atoms with Crippen molar-refractivity contribution in [3.8, 4) is 34.1 Å². The van der Waals surface area contributed by atoms with Crippen LogP contribution in [0.3, 0.4) is 0 Å². The molecule has 0 fully saturated rings. The lowest BCUT2D eigenvalue weighted by molar-refractivity contribution is 0.0950. The molecule has 156 valence electrons. The van der Waals surface area contributed by atoms with E-state index in [1.807, 2.05) is 54.6 Å². The van der Waals surface area contributed by atoms with Crippen LogP contribution in [0.4, 0.5) is 0 Å². The van der Waals surface area contributed by atoms with Crippen LogP contribution in [-0.4, -0.2) is 30.1 Å². The maximum absolute atomic E-state index is 12.5. The van der Waals surface area contributed by atoms with E-state index in [0.717, 1.165) is 34.0 Å². The SMILES string of the molecule is COc1cccc(C(=O)NCc2cccc(-c3ncc(-c4cccc(OC)c4)[nH]3)c2)c1. The van der Waals surface area contributed by atoms with E-state index in [-0.39, 0.29) is 5.91 Å². The highest BCUT2D eigenvalue weighted by atomic mass is 16.5.